The molecule has 0 amide bonds. The van der Waals surface area contributed by atoms with E-state index in [1.165, 1.54) is 5.56 Å². The highest BCUT2D eigenvalue weighted by molar-refractivity contribution is 6.84. The van der Waals surface area contributed by atoms with Crippen LogP contribution in [0.4, 0.5) is 0 Å². The number of benzene rings is 1. The van der Waals surface area contributed by atoms with Gasteiger partial charge in [-0.15, -0.1) is 11.6 Å². The van der Waals surface area contributed by atoms with Crippen molar-refractivity contribution in [1.82, 2.24) is 0 Å². The SMILES string of the molecule is C[Si](C)(C)[C@@H](Cl)[C@H]([NH3+])c1ccccc1.[Cl-]. The molecule has 0 heterocycles. The van der Waals surface area contributed by atoms with Crippen molar-refractivity contribution in [3.8, 4) is 0 Å². The summed E-state index contributed by atoms with van der Waals surface area (Å²) in [6, 6.07) is 10.5. The van der Waals surface area contributed by atoms with Crippen LogP contribution in [0.1, 0.15) is 11.6 Å². The largest absolute Gasteiger partial charge is 1.00 e. The summed E-state index contributed by atoms with van der Waals surface area (Å²) in [6.45, 7) is 6.85. The number of hydrogen-bond acceptors (Lipinski definition) is 0. The van der Waals surface area contributed by atoms with E-state index in [2.05, 4.69) is 37.5 Å². The lowest BCUT2D eigenvalue weighted by Crippen LogP contribution is -3.00. The molecule has 1 aromatic rings. The second-order valence-electron chi connectivity index (χ2n) is 4.78. The molecular weight excluding hydrogens is 245 g/mol. The summed E-state index contributed by atoms with van der Waals surface area (Å²) in [5, 5.41) is 0.199. The molecule has 0 radical (unpaired) electrons. The molecule has 0 unspecified atom stereocenters. The van der Waals surface area contributed by atoms with Gasteiger partial charge >= 0.3 is 0 Å². The summed E-state index contributed by atoms with van der Waals surface area (Å²) >= 11 is 6.44. The lowest BCUT2D eigenvalue weighted by atomic mass is 10.1. The Morgan fingerprint density at radius 1 is 1.13 bits per heavy atom. The molecule has 15 heavy (non-hydrogen) atoms. The van der Waals surface area contributed by atoms with Crippen LogP contribution in [0.15, 0.2) is 30.3 Å². The molecule has 0 aliphatic rings. The van der Waals surface area contributed by atoms with Gasteiger partial charge in [0.2, 0.25) is 0 Å². The fourth-order valence-corrected chi connectivity index (χ4v) is 3.02. The van der Waals surface area contributed by atoms with E-state index < -0.39 is 8.07 Å². The fraction of sp³-hybridized carbons (Fsp3) is 0.455. The first-order chi connectivity index (χ1) is 6.43. The Bertz CT molecular complexity index is 284. The molecule has 3 N–H and O–H groups in total. The van der Waals surface area contributed by atoms with E-state index in [0.29, 0.717) is 0 Å². The molecule has 0 saturated heterocycles. The van der Waals surface area contributed by atoms with Gasteiger partial charge < -0.3 is 18.1 Å². The van der Waals surface area contributed by atoms with Crippen LogP contribution in [0.25, 0.3) is 0 Å². The minimum absolute atomic E-state index is 0. The number of alkyl halides is 1. The summed E-state index contributed by atoms with van der Waals surface area (Å²) in [6.07, 6.45) is 0. The number of rotatable bonds is 3. The predicted octanol–water partition coefficient (Wildman–Crippen LogP) is -0.542. The summed E-state index contributed by atoms with van der Waals surface area (Å²) < 4.78 is 0. The molecule has 0 aliphatic heterocycles. The lowest BCUT2D eigenvalue weighted by molar-refractivity contribution is -0.422. The molecule has 0 aliphatic carbocycles. The second-order valence-corrected chi connectivity index (χ2v) is 11.0. The van der Waals surface area contributed by atoms with Crippen molar-refractivity contribution in [3.63, 3.8) is 0 Å². The molecule has 0 spiro atoms. The third-order valence-corrected chi connectivity index (χ3v) is 6.73. The van der Waals surface area contributed by atoms with Gasteiger partial charge in [-0.2, -0.15) is 0 Å². The molecule has 0 saturated carbocycles. The Morgan fingerprint density at radius 2 is 1.60 bits per heavy atom. The van der Waals surface area contributed by atoms with E-state index >= 15 is 0 Å². The van der Waals surface area contributed by atoms with Crippen LogP contribution in [0.2, 0.25) is 19.6 Å². The highest BCUT2D eigenvalue weighted by atomic mass is 35.5. The molecule has 0 aromatic heterocycles. The van der Waals surface area contributed by atoms with Gasteiger partial charge in [-0.3, -0.25) is 0 Å². The predicted molar refractivity (Wildman–Crippen MR) is 65.1 cm³/mol. The van der Waals surface area contributed by atoms with Crippen LogP contribution in [0.5, 0.6) is 0 Å². The van der Waals surface area contributed by atoms with Crippen LogP contribution in [0.3, 0.4) is 0 Å². The smallest absolute Gasteiger partial charge is 0.124 e. The molecule has 1 rings (SSSR count). The van der Waals surface area contributed by atoms with Crippen molar-refractivity contribution in [2.45, 2.75) is 30.7 Å². The summed E-state index contributed by atoms with van der Waals surface area (Å²) in [4.78, 5) is 0. The third-order valence-electron chi connectivity index (χ3n) is 2.41. The van der Waals surface area contributed by atoms with Crippen LogP contribution >= 0.6 is 11.6 Å². The van der Waals surface area contributed by atoms with E-state index in [0.717, 1.165) is 0 Å². The van der Waals surface area contributed by atoms with Crippen molar-refractivity contribution < 1.29 is 18.1 Å². The molecular formula is C11H19Cl2NSi. The van der Waals surface area contributed by atoms with E-state index in [1.807, 2.05) is 18.2 Å². The second kappa shape index (κ2) is 5.90. The Balaban J connectivity index is 0.00000196. The maximum atomic E-state index is 6.44. The normalized spacial score (nSPS) is 15.3. The molecule has 4 heteroatoms. The molecule has 86 valence electrons. The van der Waals surface area contributed by atoms with Gasteiger partial charge in [0.25, 0.3) is 0 Å². The van der Waals surface area contributed by atoms with Crippen LogP contribution in [-0.4, -0.2) is 13.1 Å². The Hall–Kier alpha value is -0.0231. The van der Waals surface area contributed by atoms with Crippen molar-refractivity contribution >= 4 is 19.7 Å². The summed E-state index contributed by atoms with van der Waals surface area (Å²) in [5.41, 5.74) is 5.42. The van der Waals surface area contributed by atoms with Gasteiger partial charge in [-0.05, 0) is 0 Å². The third kappa shape index (κ3) is 4.15. The van der Waals surface area contributed by atoms with Crippen molar-refractivity contribution in [2.24, 2.45) is 0 Å². The van der Waals surface area contributed by atoms with Crippen LogP contribution < -0.4 is 18.1 Å². The van der Waals surface area contributed by atoms with Gasteiger partial charge in [-0.1, -0.05) is 50.0 Å². The standard InChI is InChI=1S/C11H18ClNSi.ClH/c1-14(2,3)11(12)10(13)9-7-5-4-6-8-9;/h4-8,10-11H,13H2,1-3H3;1H/t10-,11-;/m1./s1. The molecule has 0 bridgehead atoms. The van der Waals surface area contributed by atoms with E-state index in [1.54, 1.807) is 0 Å². The Kier molecular flexibility index (Phi) is 5.89. The van der Waals surface area contributed by atoms with Crippen molar-refractivity contribution in [3.05, 3.63) is 35.9 Å². The summed E-state index contributed by atoms with van der Waals surface area (Å²) in [5.74, 6) is 0. The van der Waals surface area contributed by atoms with Gasteiger partial charge in [0.1, 0.15) is 6.04 Å². The highest BCUT2D eigenvalue weighted by Crippen LogP contribution is 2.24. The zero-order chi connectivity index (χ0) is 10.8. The topological polar surface area (TPSA) is 27.6 Å². The van der Waals surface area contributed by atoms with Gasteiger partial charge in [-0.25, -0.2) is 0 Å². The molecule has 1 nitrogen and oxygen atoms in total. The maximum absolute atomic E-state index is 6.44. The number of hydrogen-bond donors (Lipinski definition) is 1. The quantitative estimate of drug-likeness (QED) is 0.561. The first-order valence-electron chi connectivity index (χ1n) is 4.95. The molecule has 0 fully saturated rings. The van der Waals surface area contributed by atoms with Crippen LogP contribution in [-0.2, 0) is 0 Å². The lowest BCUT2D eigenvalue weighted by Gasteiger charge is -2.26. The maximum Gasteiger partial charge on any atom is 0.124 e. The Labute approximate surface area is 104 Å². The average Bonchev–Trinajstić information content (AvgIpc) is 2.15. The zero-order valence-electron chi connectivity index (χ0n) is 9.50. The average molecular weight is 264 g/mol. The number of halogens is 2. The zero-order valence-corrected chi connectivity index (χ0v) is 12.0. The van der Waals surface area contributed by atoms with Crippen molar-refractivity contribution in [2.75, 3.05) is 0 Å². The van der Waals surface area contributed by atoms with E-state index in [-0.39, 0.29) is 23.4 Å². The minimum atomic E-state index is -1.30. The van der Waals surface area contributed by atoms with E-state index in [4.69, 9.17) is 11.6 Å². The van der Waals surface area contributed by atoms with Crippen molar-refractivity contribution in [1.29, 1.82) is 0 Å². The van der Waals surface area contributed by atoms with Gasteiger partial charge in [0.15, 0.2) is 0 Å². The summed E-state index contributed by atoms with van der Waals surface area (Å²) in [7, 11) is -1.30. The molecule has 1 aromatic carbocycles. The minimum Gasteiger partial charge on any atom is -1.00 e. The fourth-order valence-electron chi connectivity index (χ4n) is 1.47. The number of quaternary nitrogens is 1. The van der Waals surface area contributed by atoms with E-state index in [9.17, 15) is 0 Å². The molecule has 2 atom stereocenters. The first kappa shape index (κ1) is 15.0. The highest BCUT2D eigenvalue weighted by Gasteiger charge is 2.33. The van der Waals surface area contributed by atoms with Crippen LogP contribution in [0, 0.1) is 0 Å². The Morgan fingerprint density at radius 3 is 2.00 bits per heavy atom. The first-order valence-corrected chi connectivity index (χ1v) is 8.96. The van der Waals surface area contributed by atoms with Gasteiger partial charge in [0.05, 0.1) is 13.1 Å². The monoisotopic (exact) mass is 263 g/mol. The van der Waals surface area contributed by atoms with Gasteiger partial charge in [0, 0.05) is 5.56 Å².